The number of amides is 3. The fourth-order valence-corrected chi connectivity index (χ4v) is 3.80. The van der Waals surface area contributed by atoms with E-state index in [2.05, 4.69) is 10.6 Å². The fraction of sp³-hybridized carbons (Fsp3) is 0.300. The average Bonchev–Trinajstić information content (AvgIpc) is 2.90. The summed E-state index contributed by atoms with van der Waals surface area (Å²) in [5, 5.41) is 5.92. The highest BCUT2D eigenvalue weighted by Gasteiger charge is 2.48. The number of nitrogens with one attached hydrogen (secondary N) is 2. The second-order valence-electron chi connectivity index (χ2n) is 6.87. The number of fused-ring (bicyclic) bond motifs is 2. The minimum Gasteiger partial charge on any atom is -0.325 e. The molecule has 2 aromatic carbocycles. The molecule has 2 aliphatic heterocycles. The first kappa shape index (κ1) is 15.7. The van der Waals surface area contributed by atoms with E-state index in [-0.39, 0.29) is 11.9 Å². The molecule has 1 fully saturated rings. The van der Waals surface area contributed by atoms with Gasteiger partial charge in [0, 0.05) is 24.5 Å². The lowest BCUT2D eigenvalue weighted by molar-refractivity contribution is -0.122. The Morgan fingerprint density at radius 3 is 2.48 bits per heavy atom. The smallest absolute Gasteiger partial charge is 0.321 e. The van der Waals surface area contributed by atoms with Gasteiger partial charge in [0.25, 0.3) is 0 Å². The molecule has 25 heavy (non-hydrogen) atoms. The van der Waals surface area contributed by atoms with E-state index in [1.54, 1.807) is 4.90 Å². The molecule has 5 heteroatoms. The largest absolute Gasteiger partial charge is 0.325 e. The van der Waals surface area contributed by atoms with Crippen LogP contribution in [0.2, 0.25) is 0 Å². The summed E-state index contributed by atoms with van der Waals surface area (Å²) in [6.45, 7) is 3.15. The van der Waals surface area contributed by atoms with Crippen molar-refractivity contribution < 1.29 is 9.59 Å². The SMILES string of the molecule is Cc1ccc(NC(=O)N2CCC3(CC2)C(=O)Nc2ccccc23)cc1. The minimum atomic E-state index is -0.489. The number of hydrogen-bond donors (Lipinski definition) is 2. The van der Waals surface area contributed by atoms with Crippen LogP contribution in [-0.4, -0.2) is 29.9 Å². The van der Waals surface area contributed by atoms with Crippen molar-refractivity contribution in [3.63, 3.8) is 0 Å². The monoisotopic (exact) mass is 335 g/mol. The maximum Gasteiger partial charge on any atom is 0.321 e. The van der Waals surface area contributed by atoms with Gasteiger partial charge in [0.15, 0.2) is 0 Å². The van der Waals surface area contributed by atoms with Crippen LogP contribution >= 0.6 is 0 Å². The van der Waals surface area contributed by atoms with E-state index in [0.717, 1.165) is 22.5 Å². The van der Waals surface area contributed by atoms with E-state index >= 15 is 0 Å². The van der Waals surface area contributed by atoms with Gasteiger partial charge in [0.2, 0.25) is 5.91 Å². The fourth-order valence-electron chi connectivity index (χ4n) is 3.80. The zero-order valence-electron chi connectivity index (χ0n) is 14.2. The van der Waals surface area contributed by atoms with Gasteiger partial charge in [0.1, 0.15) is 0 Å². The van der Waals surface area contributed by atoms with Gasteiger partial charge in [-0.25, -0.2) is 4.79 Å². The molecular weight excluding hydrogens is 314 g/mol. The average molecular weight is 335 g/mol. The summed E-state index contributed by atoms with van der Waals surface area (Å²) in [5.41, 5.74) is 3.43. The summed E-state index contributed by atoms with van der Waals surface area (Å²) in [7, 11) is 0. The Labute approximate surface area is 147 Å². The van der Waals surface area contributed by atoms with Crippen molar-refractivity contribution in [1.29, 1.82) is 0 Å². The maximum atomic E-state index is 12.6. The molecule has 0 unspecified atom stereocenters. The number of hydrogen-bond acceptors (Lipinski definition) is 2. The molecule has 5 nitrogen and oxygen atoms in total. The predicted molar refractivity (Wildman–Crippen MR) is 97.8 cm³/mol. The molecule has 3 amide bonds. The quantitative estimate of drug-likeness (QED) is 0.838. The molecule has 2 N–H and O–H groups in total. The Balaban J connectivity index is 1.46. The first-order valence-corrected chi connectivity index (χ1v) is 8.62. The first-order chi connectivity index (χ1) is 12.1. The van der Waals surface area contributed by atoms with Crippen LogP contribution in [0.25, 0.3) is 0 Å². The summed E-state index contributed by atoms with van der Waals surface area (Å²) >= 11 is 0. The van der Waals surface area contributed by atoms with E-state index in [1.807, 2.05) is 55.5 Å². The Morgan fingerprint density at radius 2 is 1.76 bits per heavy atom. The summed E-state index contributed by atoms with van der Waals surface area (Å²) in [5.74, 6) is 0.0623. The van der Waals surface area contributed by atoms with Crippen molar-refractivity contribution in [3.8, 4) is 0 Å². The number of carbonyl (C=O) groups is 2. The number of benzene rings is 2. The van der Waals surface area contributed by atoms with Crippen molar-refractivity contribution in [1.82, 2.24) is 4.90 Å². The van der Waals surface area contributed by atoms with Crippen LogP contribution in [-0.2, 0) is 10.2 Å². The number of anilines is 2. The number of rotatable bonds is 1. The molecule has 0 bridgehead atoms. The highest BCUT2D eigenvalue weighted by Crippen LogP contribution is 2.44. The Hall–Kier alpha value is -2.82. The molecule has 0 aromatic heterocycles. The number of para-hydroxylation sites is 1. The van der Waals surface area contributed by atoms with E-state index in [0.29, 0.717) is 25.9 Å². The highest BCUT2D eigenvalue weighted by molar-refractivity contribution is 6.06. The summed E-state index contributed by atoms with van der Waals surface area (Å²) in [6.07, 6.45) is 1.30. The number of urea groups is 1. The summed E-state index contributed by atoms with van der Waals surface area (Å²) < 4.78 is 0. The standard InChI is InChI=1S/C20H21N3O2/c1-14-6-8-15(9-7-14)21-19(25)23-12-10-20(11-13-23)16-4-2-3-5-17(16)22-18(20)24/h2-9H,10-13H2,1H3,(H,21,25)(H,22,24). The van der Waals surface area contributed by atoms with Crippen molar-refractivity contribution >= 4 is 23.3 Å². The number of nitrogens with zero attached hydrogens (tertiary/aromatic N) is 1. The molecule has 0 atom stereocenters. The van der Waals surface area contributed by atoms with Gasteiger partial charge in [-0.3, -0.25) is 4.79 Å². The van der Waals surface area contributed by atoms with E-state index < -0.39 is 5.41 Å². The van der Waals surface area contributed by atoms with Crippen LogP contribution in [0.15, 0.2) is 48.5 Å². The number of likely N-dealkylation sites (tertiary alicyclic amines) is 1. The third-order valence-electron chi connectivity index (χ3n) is 5.33. The van der Waals surface area contributed by atoms with E-state index in [1.165, 1.54) is 0 Å². The van der Waals surface area contributed by atoms with Gasteiger partial charge in [-0.1, -0.05) is 35.9 Å². The van der Waals surface area contributed by atoms with Crippen molar-refractivity contribution in [2.24, 2.45) is 0 Å². The molecular formula is C20H21N3O2. The van der Waals surface area contributed by atoms with Gasteiger partial charge in [-0.2, -0.15) is 0 Å². The van der Waals surface area contributed by atoms with E-state index in [9.17, 15) is 9.59 Å². The van der Waals surface area contributed by atoms with Crippen LogP contribution in [0.1, 0.15) is 24.0 Å². The first-order valence-electron chi connectivity index (χ1n) is 8.62. The molecule has 0 radical (unpaired) electrons. The van der Waals surface area contributed by atoms with Crippen molar-refractivity contribution in [2.75, 3.05) is 23.7 Å². The van der Waals surface area contributed by atoms with Gasteiger partial charge in [-0.05, 0) is 43.5 Å². The number of piperidine rings is 1. The zero-order valence-corrected chi connectivity index (χ0v) is 14.2. The normalized spacial score (nSPS) is 18.0. The van der Waals surface area contributed by atoms with Gasteiger partial charge in [-0.15, -0.1) is 0 Å². The van der Waals surface area contributed by atoms with Crippen LogP contribution in [0.3, 0.4) is 0 Å². The molecule has 4 rings (SSSR count). The molecule has 0 aliphatic carbocycles. The van der Waals surface area contributed by atoms with Crippen LogP contribution < -0.4 is 10.6 Å². The topological polar surface area (TPSA) is 61.4 Å². The van der Waals surface area contributed by atoms with Gasteiger partial charge in [0.05, 0.1) is 5.41 Å². The Kier molecular flexibility index (Phi) is 3.71. The third-order valence-corrected chi connectivity index (χ3v) is 5.33. The Morgan fingerprint density at radius 1 is 1.08 bits per heavy atom. The van der Waals surface area contributed by atoms with Crippen molar-refractivity contribution in [3.05, 3.63) is 59.7 Å². The maximum absolute atomic E-state index is 12.6. The van der Waals surface area contributed by atoms with E-state index in [4.69, 9.17) is 0 Å². The number of carbonyl (C=O) groups excluding carboxylic acids is 2. The molecule has 1 saturated heterocycles. The second kappa shape index (κ2) is 5.92. The minimum absolute atomic E-state index is 0.0623. The molecule has 0 saturated carbocycles. The molecule has 2 aliphatic rings. The lowest BCUT2D eigenvalue weighted by Crippen LogP contribution is -2.49. The predicted octanol–water partition coefficient (Wildman–Crippen LogP) is 3.51. The van der Waals surface area contributed by atoms with Crippen LogP contribution in [0.4, 0.5) is 16.2 Å². The second-order valence-corrected chi connectivity index (χ2v) is 6.87. The lowest BCUT2D eigenvalue weighted by atomic mass is 9.74. The highest BCUT2D eigenvalue weighted by atomic mass is 16.2. The van der Waals surface area contributed by atoms with Gasteiger partial charge >= 0.3 is 6.03 Å². The third kappa shape index (κ3) is 2.65. The summed E-state index contributed by atoms with van der Waals surface area (Å²) in [6, 6.07) is 15.5. The Bertz CT molecular complexity index is 821. The number of aryl methyl sites for hydroxylation is 1. The summed E-state index contributed by atoms with van der Waals surface area (Å²) in [4.78, 5) is 26.9. The van der Waals surface area contributed by atoms with Gasteiger partial charge < -0.3 is 15.5 Å². The molecule has 2 aromatic rings. The molecule has 2 heterocycles. The lowest BCUT2D eigenvalue weighted by Gasteiger charge is -2.37. The zero-order chi connectivity index (χ0) is 17.4. The van der Waals surface area contributed by atoms with Crippen LogP contribution in [0.5, 0.6) is 0 Å². The van der Waals surface area contributed by atoms with Crippen LogP contribution in [0, 0.1) is 6.92 Å². The molecule has 128 valence electrons. The van der Waals surface area contributed by atoms with Crippen molar-refractivity contribution in [2.45, 2.75) is 25.2 Å². The molecule has 1 spiro atoms.